The smallest absolute Gasteiger partial charge is 0.200 e. The Morgan fingerprint density at radius 1 is 0.280 bits per heavy atom. The van der Waals surface area contributed by atoms with Gasteiger partial charge < -0.3 is 0 Å². The molecule has 10 rings (SSSR count). The van der Waals surface area contributed by atoms with E-state index in [-0.39, 0.29) is 33.4 Å². The molecule has 0 atom stereocenters. The maximum absolute atomic E-state index is 15.5. The molecule has 0 fully saturated rings. The number of rotatable bonds is 7. The van der Waals surface area contributed by atoms with E-state index in [4.69, 9.17) is 0 Å². The lowest BCUT2D eigenvalue weighted by Gasteiger charge is -2.17. The van der Waals surface area contributed by atoms with Gasteiger partial charge in [-0.2, -0.15) is 0 Å². The van der Waals surface area contributed by atoms with Crippen molar-refractivity contribution in [2.75, 3.05) is 0 Å². The number of hydrogen-bond acceptors (Lipinski definition) is 3. The number of aromatic nitrogens is 3. The highest BCUT2D eigenvalue weighted by Gasteiger charge is 2.37. The standard InChI is InChI=1S/C53H18F19N3/c1-16-32(54)27(34(56)41(63)33(16)55)17-4-2-6-21(12-17)51-73-52(22-7-3-5-18(13-22)28-35(57)42(64)48(70)43(65)36(28)58)75-53(74-51)31-23-10-8-19(29-37(59)44(66)49(71)45(67)38(29)60)14-25(23)26-15-20(9-11-24(26)31)30-39(61)46(68)50(72)47(69)40(30)62/h2-15,31H,1H3. The van der Waals surface area contributed by atoms with E-state index in [9.17, 15) is 48.3 Å². The summed E-state index contributed by atoms with van der Waals surface area (Å²) < 4.78 is 281. The Morgan fingerprint density at radius 2 is 0.560 bits per heavy atom. The van der Waals surface area contributed by atoms with Crippen molar-refractivity contribution in [3.05, 3.63) is 218 Å². The quantitative estimate of drug-likeness (QED) is 0.0907. The topological polar surface area (TPSA) is 38.7 Å². The normalized spacial score (nSPS) is 12.2. The largest absolute Gasteiger partial charge is 0.212 e. The van der Waals surface area contributed by atoms with Crippen LogP contribution in [0.1, 0.15) is 28.4 Å². The molecule has 0 bridgehead atoms. The second-order valence-electron chi connectivity index (χ2n) is 16.6. The van der Waals surface area contributed by atoms with Crippen LogP contribution in [0.3, 0.4) is 0 Å². The summed E-state index contributed by atoms with van der Waals surface area (Å²) in [5.74, 6) is -45.7. The zero-order chi connectivity index (χ0) is 54.0. The molecule has 1 aliphatic carbocycles. The summed E-state index contributed by atoms with van der Waals surface area (Å²) >= 11 is 0. The monoisotopic (exact) mass is 1060 g/mol. The van der Waals surface area contributed by atoms with E-state index >= 15 is 35.1 Å². The van der Waals surface area contributed by atoms with Crippen LogP contribution >= 0.6 is 0 Å². The van der Waals surface area contributed by atoms with E-state index in [1.165, 1.54) is 12.1 Å². The molecular formula is C53H18F19N3. The van der Waals surface area contributed by atoms with Crippen molar-refractivity contribution in [2.24, 2.45) is 0 Å². The first-order chi connectivity index (χ1) is 35.5. The maximum Gasteiger partial charge on any atom is 0.200 e. The van der Waals surface area contributed by atoms with Crippen molar-refractivity contribution in [3.8, 4) is 78.4 Å². The molecule has 0 unspecified atom stereocenters. The fourth-order valence-electron chi connectivity index (χ4n) is 8.83. The Labute approximate surface area is 406 Å². The van der Waals surface area contributed by atoms with Crippen LogP contribution in [0, 0.1) is 117 Å². The van der Waals surface area contributed by atoms with Crippen LogP contribution in [0.5, 0.6) is 0 Å². The minimum absolute atomic E-state index is 0.0828. The summed E-state index contributed by atoms with van der Waals surface area (Å²) in [7, 11) is 0. The molecule has 0 saturated heterocycles. The molecule has 0 spiro atoms. The first-order valence-corrected chi connectivity index (χ1v) is 21.2. The zero-order valence-electron chi connectivity index (χ0n) is 36.7. The molecule has 0 radical (unpaired) electrons. The van der Waals surface area contributed by atoms with Gasteiger partial charge in [-0.25, -0.2) is 98.4 Å². The van der Waals surface area contributed by atoms with Gasteiger partial charge in [0.25, 0.3) is 0 Å². The first kappa shape index (κ1) is 50.0. The fraction of sp³-hybridized carbons (Fsp3) is 0.0377. The number of hydrogen-bond donors (Lipinski definition) is 0. The fourth-order valence-corrected chi connectivity index (χ4v) is 8.83. The van der Waals surface area contributed by atoms with Crippen LogP contribution in [-0.2, 0) is 0 Å². The molecule has 0 N–H and O–H groups in total. The second kappa shape index (κ2) is 18.1. The van der Waals surface area contributed by atoms with Gasteiger partial charge in [0.2, 0.25) is 17.5 Å². The summed E-state index contributed by atoms with van der Waals surface area (Å²) in [6, 6.07) is 14.1. The van der Waals surface area contributed by atoms with E-state index in [0.29, 0.717) is 0 Å². The highest BCUT2D eigenvalue weighted by molar-refractivity contribution is 5.87. The van der Waals surface area contributed by atoms with Gasteiger partial charge in [0.1, 0.15) is 11.6 Å². The van der Waals surface area contributed by atoms with Crippen molar-refractivity contribution in [3.63, 3.8) is 0 Å². The number of benzene rings is 8. The Kier molecular flexibility index (Phi) is 12.1. The van der Waals surface area contributed by atoms with Crippen molar-refractivity contribution in [2.45, 2.75) is 12.8 Å². The molecule has 1 aliphatic rings. The van der Waals surface area contributed by atoms with Crippen molar-refractivity contribution in [1.29, 1.82) is 0 Å². The molecule has 0 amide bonds. The van der Waals surface area contributed by atoms with E-state index in [1.807, 2.05) is 0 Å². The molecule has 1 heterocycles. The SMILES string of the molecule is Cc1c(F)c(F)c(F)c(-c2cccc(-c3nc(-c4cccc(-c5c(F)c(F)c(F)c(F)c5F)c4)nc(C4c5ccc(-c6c(F)c(F)c(F)c(F)c6F)cc5-c5cc(-c6c(F)c(F)c(F)c(F)c6F)ccc54)n3)c2)c1F. The average Bonchev–Trinajstić information content (AvgIpc) is 3.74. The molecule has 9 aromatic rings. The van der Waals surface area contributed by atoms with Gasteiger partial charge in [-0.05, 0) is 75.7 Å². The summed E-state index contributed by atoms with van der Waals surface area (Å²) in [5.41, 5.74) is -10.1. The Morgan fingerprint density at radius 3 is 0.907 bits per heavy atom. The van der Waals surface area contributed by atoms with E-state index in [2.05, 4.69) is 15.0 Å². The predicted molar refractivity (Wildman–Crippen MR) is 229 cm³/mol. The molecule has 8 aromatic carbocycles. The molecular weight excluding hydrogens is 1040 g/mol. The number of halogens is 19. The minimum Gasteiger partial charge on any atom is -0.212 e. The Bertz CT molecular complexity index is 3620. The highest BCUT2D eigenvalue weighted by atomic mass is 19.2. The summed E-state index contributed by atoms with van der Waals surface area (Å²) in [6.45, 7) is 0.821. The van der Waals surface area contributed by atoms with Gasteiger partial charge in [-0.3, -0.25) is 0 Å². The van der Waals surface area contributed by atoms with E-state index < -0.39 is 184 Å². The van der Waals surface area contributed by atoms with Gasteiger partial charge in [0.05, 0.1) is 28.2 Å². The van der Waals surface area contributed by atoms with Crippen LogP contribution in [-0.4, -0.2) is 15.0 Å². The van der Waals surface area contributed by atoms with Crippen LogP contribution in [0.25, 0.3) is 78.4 Å². The minimum atomic E-state index is -2.52. The van der Waals surface area contributed by atoms with Crippen molar-refractivity contribution >= 4 is 0 Å². The van der Waals surface area contributed by atoms with Gasteiger partial charge >= 0.3 is 0 Å². The molecule has 3 nitrogen and oxygen atoms in total. The third-order valence-corrected chi connectivity index (χ3v) is 12.4. The van der Waals surface area contributed by atoms with Crippen molar-refractivity contribution < 1.29 is 83.4 Å². The average molecular weight is 1060 g/mol. The van der Waals surface area contributed by atoms with Gasteiger partial charge in [0, 0.05) is 16.7 Å². The predicted octanol–water partition coefficient (Wildman–Crippen LogP) is 16.0. The second-order valence-corrected chi connectivity index (χ2v) is 16.6. The van der Waals surface area contributed by atoms with Crippen LogP contribution in [0.2, 0.25) is 0 Å². The maximum atomic E-state index is 15.5. The molecule has 22 heteroatoms. The summed E-state index contributed by atoms with van der Waals surface area (Å²) in [4.78, 5) is 13.4. The van der Waals surface area contributed by atoms with Gasteiger partial charge in [-0.1, -0.05) is 60.7 Å². The van der Waals surface area contributed by atoms with Crippen LogP contribution in [0.15, 0.2) is 84.9 Å². The van der Waals surface area contributed by atoms with Gasteiger partial charge in [-0.15, -0.1) is 0 Å². The van der Waals surface area contributed by atoms with E-state index in [1.54, 1.807) is 0 Å². The molecule has 0 aliphatic heterocycles. The summed E-state index contributed by atoms with van der Waals surface area (Å²) in [6.07, 6.45) is 0. The van der Waals surface area contributed by atoms with E-state index in [0.717, 1.165) is 79.7 Å². The third-order valence-electron chi connectivity index (χ3n) is 12.4. The first-order valence-electron chi connectivity index (χ1n) is 21.2. The van der Waals surface area contributed by atoms with Crippen molar-refractivity contribution in [1.82, 2.24) is 15.0 Å². The molecule has 75 heavy (non-hydrogen) atoms. The van der Waals surface area contributed by atoms with Crippen LogP contribution in [0.4, 0.5) is 83.4 Å². The number of nitrogens with zero attached hydrogens (tertiary/aromatic N) is 3. The highest BCUT2D eigenvalue weighted by Crippen LogP contribution is 2.51. The molecule has 378 valence electrons. The Hall–Kier alpha value is -8.56. The lowest BCUT2D eigenvalue weighted by Crippen LogP contribution is -2.10. The third kappa shape index (κ3) is 7.66. The Balaban J connectivity index is 1.25. The zero-order valence-corrected chi connectivity index (χ0v) is 36.7. The lowest BCUT2D eigenvalue weighted by molar-refractivity contribution is 0.381. The van der Waals surface area contributed by atoms with Crippen LogP contribution < -0.4 is 0 Å². The summed E-state index contributed by atoms with van der Waals surface area (Å²) in [5, 5.41) is 0. The van der Waals surface area contributed by atoms with Gasteiger partial charge in [0.15, 0.2) is 98.9 Å². The molecule has 1 aromatic heterocycles. The lowest BCUT2D eigenvalue weighted by atomic mass is 9.93. The molecule has 0 saturated carbocycles. The number of fused-ring (bicyclic) bond motifs is 3.